The molecule has 12 nitrogen and oxygen atoms in total. The fourth-order valence-corrected chi connectivity index (χ4v) is 6.04. The normalized spacial score (nSPS) is 23.1. The second-order valence-corrected chi connectivity index (χ2v) is 13.5. The lowest BCUT2D eigenvalue weighted by Crippen LogP contribution is -2.55. The Kier molecular flexibility index (Phi) is 11.1. The molecule has 0 spiro atoms. The first-order valence-electron chi connectivity index (χ1n) is 15.4. The van der Waals surface area contributed by atoms with Crippen LogP contribution in [0.3, 0.4) is 0 Å². The van der Waals surface area contributed by atoms with Crippen LogP contribution in [0.2, 0.25) is 0 Å². The number of carbonyl (C=O) groups is 1. The molecule has 2 aromatic heterocycles. The highest BCUT2D eigenvalue weighted by atomic mass is 32.2. The highest BCUT2D eigenvalue weighted by Crippen LogP contribution is 2.23. The number of hydrogen-bond acceptors (Lipinski definition) is 12. The van der Waals surface area contributed by atoms with Crippen molar-refractivity contribution in [1.29, 1.82) is 0 Å². The molecule has 0 amide bonds. The third-order valence-electron chi connectivity index (χ3n) is 8.24. The zero-order valence-electron chi connectivity index (χ0n) is 26.3. The van der Waals surface area contributed by atoms with Crippen molar-refractivity contribution in [1.82, 2.24) is 24.8 Å². The summed E-state index contributed by atoms with van der Waals surface area (Å²) in [5.74, 6) is 1.57. The van der Waals surface area contributed by atoms with Gasteiger partial charge in [0.25, 0.3) is 10.1 Å². The number of Topliss-reactive ketones (excluding diaryl/α,β-unsaturated/α-hetero) is 1. The standard InChI is InChI=1S/C32H43N7O5S/c1-24-6-5-13-37(2)31-10-9-26(19-34-31)29-11-12-33-32(36-29)35-27-8-4-7-25(18-27)20-39-15-14-38(22-30(24)40)21-28(39)23-43-16-17-44-45(3,41)42/h4,7-12,18-19,24,28H,5-6,13-17,20-23H2,1-3H3,(H,33,35,36). The van der Waals surface area contributed by atoms with Gasteiger partial charge < -0.3 is 15.0 Å². The molecule has 8 bridgehead atoms. The van der Waals surface area contributed by atoms with Crippen molar-refractivity contribution in [3.63, 3.8) is 0 Å². The Hall–Kier alpha value is -3.49. The summed E-state index contributed by atoms with van der Waals surface area (Å²) in [4.78, 5) is 33.8. The quantitative estimate of drug-likeness (QED) is 0.315. The first-order chi connectivity index (χ1) is 21.6. The Balaban J connectivity index is 1.36. The van der Waals surface area contributed by atoms with Crippen LogP contribution < -0.4 is 10.2 Å². The van der Waals surface area contributed by atoms with Crippen molar-refractivity contribution >= 4 is 33.4 Å². The Morgan fingerprint density at radius 1 is 1.04 bits per heavy atom. The summed E-state index contributed by atoms with van der Waals surface area (Å²) >= 11 is 0. The molecule has 45 heavy (non-hydrogen) atoms. The summed E-state index contributed by atoms with van der Waals surface area (Å²) in [6.45, 7) is 6.66. The lowest BCUT2D eigenvalue weighted by molar-refractivity contribution is -0.124. The van der Waals surface area contributed by atoms with E-state index >= 15 is 0 Å². The summed E-state index contributed by atoms with van der Waals surface area (Å²) in [5, 5.41) is 3.35. The molecule has 5 aliphatic heterocycles. The number of anilines is 3. The molecular formula is C32H43N7O5S. The van der Waals surface area contributed by atoms with E-state index in [1.54, 1.807) is 6.20 Å². The lowest BCUT2D eigenvalue weighted by atomic mass is 9.99. The van der Waals surface area contributed by atoms with E-state index < -0.39 is 10.1 Å². The van der Waals surface area contributed by atoms with Crippen molar-refractivity contribution in [2.75, 3.05) is 76.1 Å². The van der Waals surface area contributed by atoms with Gasteiger partial charge in [0.15, 0.2) is 0 Å². The number of pyridine rings is 1. The Labute approximate surface area is 265 Å². The third-order valence-corrected chi connectivity index (χ3v) is 8.84. The smallest absolute Gasteiger partial charge is 0.264 e. The number of aromatic nitrogens is 3. The molecular weight excluding hydrogens is 594 g/mol. The number of ether oxygens (including phenoxy) is 1. The molecule has 3 aromatic rings. The van der Waals surface area contributed by atoms with E-state index in [0.29, 0.717) is 32.2 Å². The summed E-state index contributed by atoms with van der Waals surface area (Å²) in [6, 6.07) is 14.1. The largest absolute Gasteiger partial charge is 0.377 e. The van der Waals surface area contributed by atoms with Crippen LogP contribution in [-0.2, 0) is 30.4 Å². The number of nitrogens with zero attached hydrogens (tertiary/aromatic N) is 6. The Bertz CT molecular complexity index is 1540. The van der Waals surface area contributed by atoms with Crippen LogP contribution >= 0.6 is 0 Å². The minimum atomic E-state index is -3.52. The van der Waals surface area contributed by atoms with Gasteiger partial charge in [-0.05, 0) is 48.7 Å². The molecule has 1 N–H and O–H groups in total. The maximum Gasteiger partial charge on any atom is 0.264 e. The average Bonchev–Trinajstić information content (AvgIpc) is 3.01. The van der Waals surface area contributed by atoms with Crippen LogP contribution in [0, 0.1) is 5.92 Å². The monoisotopic (exact) mass is 637 g/mol. The van der Waals surface area contributed by atoms with E-state index in [-0.39, 0.29) is 31.0 Å². The highest BCUT2D eigenvalue weighted by Gasteiger charge is 2.29. The van der Waals surface area contributed by atoms with E-state index in [4.69, 9.17) is 13.9 Å². The molecule has 0 saturated carbocycles. The molecule has 0 aliphatic carbocycles. The molecule has 5 aliphatic rings. The summed E-state index contributed by atoms with van der Waals surface area (Å²) < 4.78 is 33.4. The topological polar surface area (TPSA) is 130 Å². The SMILES string of the molecule is CC1CCCN(C)c2ccc(cn2)-c2ccnc(n2)Nc2cccc(c2)CN2CCN(CC1=O)CC2COCCOS(C)(=O)=O. The molecule has 1 fully saturated rings. The molecule has 242 valence electrons. The number of benzene rings is 1. The van der Waals surface area contributed by atoms with E-state index in [9.17, 15) is 13.2 Å². The predicted octanol–water partition coefficient (Wildman–Crippen LogP) is 3.20. The highest BCUT2D eigenvalue weighted by molar-refractivity contribution is 7.85. The number of ketones is 1. The maximum absolute atomic E-state index is 13.2. The zero-order valence-corrected chi connectivity index (χ0v) is 27.1. The number of rotatable bonds is 6. The first kappa shape index (κ1) is 32.9. The second kappa shape index (κ2) is 15.2. The summed E-state index contributed by atoms with van der Waals surface area (Å²) in [5.41, 5.74) is 3.67. The number of carbonyl (C=O) groups excluding carboxylic acids is 1. The van der Waals surface area contributed by atoms with Crippen LogP contribution in [-0.4, -0.2) is 111 Å². The second-order valence-electron chi connectivity index (χ2n) is 11.9. The van der Waals surface area contributed by atoms with Gasteiger partial charge in [-0.2, -0.15) is 8.42 Å². The molecule has 7 heterocycles. The Morgan fingerprint density at radius 2 is 1.91 bits per heavy atom. The molecule has 1 saturated heterocycles. The van der Waals surface area contributed by atoms with Crippen molar-refractivity contribution in [2.24, 2.45) is 5.92 Å². The van der Waals surface area contributed by atoms with Gasteiger partial charge >= 0.3 is 0 Å². The van der Waals surface area contributed by atoms with Crippen LogP contribution in [0.4, 0.5) is 17.5 Å². The number of piperazine rings is 1. The van der Waals surface area contributed by atoms with E-state index in [0.717, 1.165) is 67.1 Å². The van der Waals surface area contributed by atoms with Crippen LogP contribution in [0.15, 0.2) is 54.9 Å². The Morgan fingerprint density at radius 3 is 2.71 bits per heavy atom. The number of hydrogen-bond donors (Lipinski definition) is 1. The van der Waals surface area contributed by atoms with E-state index in [1.807, 2.05) is 50.5 Å². The van der Waals surface area contributed by atoms with Gasteiger partial charge in [-0.1, -0.05) is 19.1 Å². The maximum atomic E-state index is 13.2. The van der Waals surface area contributed by atoms with Crippen molar-refractivity contribution in [3.8, 4) is 11.3 Å². The predicted molar refractivity (Wildman–Crippen MR) is 174 cm³/mol. The lowest BCUT2D eigenvalue weighted by Gasteiger charge is -2.41. The molecule has 4 unspecified atom stereocenters. The molecule has 8 rings (SSSR count). The van der Waals surface area contributed by atoms with Crippen LogP contribution in [0.25, 0.3) is 11.3 Å². The van der Waals surface area contributed by atoms with Gasteiger partial charge in [-0.15, -0.1) is 0 Å². The van der Waals surface area contributed by atoms with Crippen LogP contribution in [0.1, 0.15) is 25.3 Å². The van der Waals surface area contributed by atoms with Gasteiger partial charge in [-0.3, -0.25) is 18.8 Å². The van der Waals surface area contributed by atoms with Gasteiger partial charge in [-0.25, -0.2) is 15.0 Å². The number of nitrogens with one attached hydrogen (secondary N) is 1. The third kappa shape index (κ3) is 9.75. The van der Waals surface area contributed by atoms with Gasteiger partial charge in [0.2, 0.25) is 5.95 Å². The van der Waals surface area contributed by atoms with Crippen molar-refractivity contribution in [3.05, 3.63) is 60.4 Å². The van der Waals surface area contributed by atoms with Crippen LogP contribution in [0.5, 0.6) is 0 Å². The van der Waals surface area contributed by atoms with Crippen molar-refractivity contribution in [2.45, 2.75) is 32.4 Å². The summed E-state index contributed by atoms with van der Waals surface area (Å²) in [7, 11) is -1.50. The molecule has 13 heteroatoms. The van der Waals surface area contributed by atoms with Gasteiger partial charge in [0.1, 0.15) is 11.6 Å². The molecule has 1 aromatic carbocycles. The fraction of sp³-hybridized carbons (Fsp3) is 0.500. The minimum Gasteiger partial charge on any atom is -0.377 e. The minimum absolute atomic E-state index is 0.0176. The van der Waals surface area contributed by atoms with E-state index in [2.05, 4.69) is 42.1 Å². The van der Waals surface area contributed by atoms with E-state index in [1.165, 1.54) is 0 Å². The molecule has 4 atom stereocenters. The van der Waals surface area contributed by atoms with Gasteiger partial charge in [0, 0.05) is 75.4 Å². The van der Waals surface area contributed by atoms with Crippen molar-refractivity contribution < 1.29 is 22.1 Å². The summed E-state index contributed by atoms with van der Waals surface area (Å²) in [6.07, 6.45) is 6.29. The van der Waals surface area contributed by atoms with Gasteiger partial charge in [0.05, 0.1) is 38.3 Å². The zero-order chi connectivity index (χ0) is 31.8. The fourth-order valence-electron chi connectivity index (χ4n) is 5.67. The average molecular weight is 638 g/mol. The molecule has 0 radical (unpaired) electrons. The first-order valence-corrected chi connectivity index (χ1v) is 17.2.